The predicted octanol–water partition coefficient (Wildman–Crippen LogP) is 0.985. The van der Waals surface area contributed by atoms with Gasteiger partial charge in [0.2, 0.25) is 5.91 Å². The molecule has 1 fully saturated rings. The molecular weight excluding hydrogens is 315 g/mol. The van der Waals surface area contributed by atoms with E-state index in [1.165, 1.54) is 0 Å². The number of nitrogens with zero attached hydrogens (tertiary/aromatic N) is 2. The standard InChI is InChI=1S/C13H22N4O2.2ClH/c1-10(8-17-5-4-15-9-17)7-16-13(18)12-3-2-11(6-14)19-12;;/h4-5,9-12H,2-3,6-8,14H2,1H3,(H,16,18);2*1H/t10?,11-,12+;;/m1../s1. The summed E-state index contributed by atoms with van der Waals surface area (Å²) in [5.41, 5.74) is 5.53. The SMILES string of the molecule is CC(CNC(=O)[C@@H]1CC[C@H](CN)O1)Cn1ccnc1.Cl.Cl. The van der Waals surface area contributed by atoms with Crippen molar-refractivity contribution in [1.82, 2.24) is 14.9 Å². The number of carbonyl (C=O) groups excluding carboxylic acids is 1. The van der Waals surface area contributed by atoms with E-state index in [1.54, 1.807) is 12.5 Å². The number of halogens is 2. The smallest absolute Gasteiger partial charge is 0.249 e. The Morgan fingerprint density at radius 2 is 2.29 bits per heavy atom. The summed E-state index contributed by atoms with van der Waals surface area (Å²) in [6.45, 7) is 4.07. The third-order valence-corrected chi connectivity index (χ3v) is 3.37. The molecule has 3 N–H and O–H groups in total. The van der Waals surface area contributed by atoms with Gasteiger partial charge in [0.25, 0.3) is 0 Å². The van der Waals surface area contributed by atoms with Crippen molar-refractivity contribution in [3.63, 3.8) is 0 Å². The van der Waals surface area contributed by atoms with Crippen LogP contribution in [0.4, 0.5) is 0 Å². The van der Waals surface area contributed by atoms with E-state index < -0.39 is 0 Å². The first-order chi connectivity index (χ1) is 9.19. The monoisotopic (exact) mass is 338 g/mol. The molecular formula is C13H24Cl2N4O2. The van der Waals surface area contributed by atoms with Gasteiger partial charge in [-0.1, -0.05) is 6.92 Å². The summed E-state index contributed by atoms with van der Waals surface area (Å²) in [7, 11) is 0. The van der Waals surface area contributed by atoms with Crippen LogP contribution in [0.3, 0.4) is 0 Å². The molecule has 21 heavy (non-hydrogen) atoms. The van der Waals surface area contributed by atoms with Gasteiger partial charge in [-0.05, 0) is 18.8 Å². The number of imidazole rings is 1. The Balaban J connectivity index is 0.00000200. The number of nitrogens with one attached hydrogen (secondary N) is 1. The van der Waals surface area contributed by atoms with Crippen LogP contribution in [0.15, 0.2) is 18.7 Å². The van der Waals surface area contributed by atoms with Crippen molar-refractivity contribution >= 4 is 30.7 Å². The minimum atomic E-state index is -0.325. The Morgan fingerprint density at radius 3 is 2.86 bits per heavy atom. The van der Waals surface area contributed by atoms with Crippen molar-refractivity contribution in [3.05, 3.63) is 18.7 Å². The van der Waals surface area contributed by atoms with Gasteiger partial charge in [-0.25, -0.2) is 4.98 Å². The number of hydrogen-bond donors (Lipinski definition) is 2. The van der Waals surface area contributed by atoms with Crippen molar-refractivity contribution in [2.24, 2.45) is 11.7 Å². The maximum atomic E-state index is 11.9. The number of carbonyl (C=O) groups is 1. The highest BCUT2D eigenvalue weighted by molar-refractivity contribution is 5.85. The van der Waals surface area contributed by atoms with Crippen LogP contribution in [0.2, 0.25) is 0 Å². The molecule has 8 heteroatoms. The summed E-state index contributed by atoms with van der Waals surface area (Å²) < 4.78 is 7.57. The molecule has 3 atom stereocenters. The number of nitrogens with two attached hydrogens (primary N) is 1. The molecule has 1 aromatic rings. The van der Waals surface area contributed by atoms with Gasteiger partial charge < -0.3 is 20.4 Å². The fourth-order valence-electron chi connectivity index (χ4n) is 2.28. The molecule has 1 amide bonds. The number of hydrogen-bond acceptors (Lipinski definition) is 4. The molecule has 1 aliphatic rings. The van der Waals surface area contributed by atoms with Gasteiger partial charge in [0.1, 0.15) is 6.10 Å². The molecule has 0 bridgehead atoms. The lowest BCUT2D eigenvalue weighted by atomic mass is 10.1. The Hall–Kier alpha value is -0.820. The first kappa shape index (κ1) is 20.2. The average Bonchev–Trinajstić information content (AvgIpc) is 3.06. The Labute approximate surface area is 137 Å². The minimum Gasteiger partial charge on any atom is -0.364 e. The lowest BCUT2D eigenvalue weighted by Crippen LogP contribution is -2.38. The van der Waals surface area contributed by atoms with Crippen molar-refractivity contribution < 1.29 is 9.53 Å². The largest absolute Gasteiger partial charge is 0.364 e. The predicted molar refractivity (Wildman–Crippen MR) is 85.8 cm³/mol. The maximum Gasteiger partial charge on any atom is 0.249 e. The van der Waals surface area contributed by atoms with Crippen molar-refractivity contribution in [1.29, 1.82) is 0 Å². The topological polar surface area (TPSA) is 82.2 Å². The Kier molecular flexibility index (Phi) is 9.61. The van der Waals surface area contributed by atoms with Crippen LogP contribution in [0.1, 0.15) is 19.8 Å². The molecule has 2 rings (SSSR count). The average molecular weight is 339 g/mol. The Bertz CT molecular complexity index is 403. The van der Waals surface area contributed by atoms with Gasteiger partial charge in [0.05, 0.1) is 12.4 Å². The van der Waals surface area contributed by atoms with E-state index in [0.29, 0.717) is 19.0 Å². The minimum absolute atomic E-state index is 0. The Morgan fingerprint density at radius 1 is 1.52 bits per heavy atom. The molecule has 0 aromatic carbocycles. The van der Waals surface area contributed by atoms with Crippen molar-refractivity contribution in [3.8, 4) is 0 Å². The first-order valence-electron chi connectivity index (χ1n) is 6.78. The second-order valence-electron chi connectivity index (χ2n) is 5.17. The van der Waals surface area contributed by atoms with Gasteiger partial charge in [0, 0.05) is 32.0 Å². The fourth-order valence-corrected chi connectivity index (χ4v) is 2.28. The van der Waals surface area contributed by atoms with E-state index in [0.717, 1.165) is 19.4 Å². The van der Waals surface area contributed by atoms with E-state index in [2.05, 4.69) is 17.2 Å². The van der Waals surface area contributed by atoms with Crippen LogP contribution in [-0.4, -0.2) is 40.8 Å². The second-order valence-corrected chi connectivity index (χ2v) is 5.17. The van der Waals surface area contributed by atoms with Gasteiger partial charge in [-0.15, -0.1) is 24.8 Å². The highest BCUT2D eigenvalue weighted by Gasteiger charge is 2.29. The van der Waals surface area contributed by atoms with Gasteiger partial charge in [-0.3, -0.25) is 4.79 Å². The van der Waals surface area contributed by atoms with E-state index in [1.807, 2.05) is 10.8 Å². The molecule has 1 saturated heterocycles. The quantitative estimate of drug-likeness (QED) is 0.810. The molecule has 0 saturated carbocycles. The lowest BCUT2D eigenvalue weighted by Gasteiger charge is -2.16. The molecule has 2 heterocycles. The van der Waals surface area contributed by atoms with E-state index in [9.17, 15) is 4.79 Å². The molecule has 1 aromatic heterocycles. The summed E-state index contributed by atoms with van der Waals surface area (Å²) in [6.07, 6.45) is 6.81. The van der Waals surface area contributed by atoms with Gasteiger partial charge in [0.15, 0.2) is 0 Å². The normalized spacial score (nSPS) is 22.0. The van der Waals surface area contributed by atoms with Gasteiger partial charge >= 0.3 is 0 Å². The van der Waals surface area contributed by atoms with Gasteiger partial charge in [-0.2, -0.15) is 0 Å². The lowest BCUT2D eigenvalue weighted by molar-refractivity contribution is -0.132. The number of rotatable bonds is 6. The molecule has 0 spiro atoms. The summed E-state index contributed by atoms with van der Waals surface area (Å²) in [5.74, 6) is 0.332. The zero-order valence-corrected chi connectivity index (χ0v) is 13.7. The van der Waals surface area contributed by atoms with Crippen molar-refractivity contribution in [2.75, 3.05) is 13.1 Å². The van der Waals surface area contributed by atoms with Crippen LogP contribution in [0.25, 0.3) is 0 Å². The first-order valence-corrected chi connectivity index (χ1v) is 6.78. The third-order valence-electron chi connectivity index (χ3n) is 3.37. The van der Waals surface area contributed by atoms with Crippen LogP contribution in [0, 0.1) is 5.92 Å². The molecule has 0 aliphatic carbocycles. The van der Waals surface area contributed by atoms with Crippen LogP contribution >= 0.6 is 24.8 Å². The molecule has 0 radical (unpaired) electrons. The van der Waals surface area contributed by atoms with Crippen LogP contribution in [-0.2, 0) is 16.1 Å². The zero-order valence-electron chi connectivity index (χ0n) is 12.1. The molecule has 6 nitrogen and oxygen atoms in total. The van der Waals surface area contributed by atoms with Crippen LogP contribution < -0.4 is 11.1 Å². The maximum absolute atomic E-state index is 11.9. The highest BCUT2D eigenvalue weighted by Crippen LogP contribution is 2.18. The van der Waals surface area contributed by atoms with Crippen molar-refractivity contribution in [2.45, 2.75) is 38.5 Å². The van der Waals surface area contributed by atoms with E-state index in [4.69, 9.17) is 10.5 Å². The molecule has 122 valence electrons. The summed E-state index contributed by atoms with van der Waals surface area (Å²) in [6, 6.07) is 0. The summed E-state index contributed by atoms with van der Waals surface area (Å²) >= 11 is 0. The summed E-state index contributed by atoms with van der Waals surface area (Å²) in [5, 5.41) is 2.94. The number of aromatic nitrogens is 2. The number of ether oxygens (including phenoxy) is 1. The zero-order chi connectivity index (χ0) is 13.7. The fraction of sp³-hybridized carbons (Fsp3) is 0.692. The number of amides is 1. The summed E-state index contributed by atoms with van der Waals surface area (Å²) in [4.78, 5) is 15.9. The highest BCUT2D eigenvalue weighted by atomic mass is 35.5. The third kappa shape index (κ3) is 6.22. The van der Waals surface area contributed by atoms with E-state index in [-0.39, 0.29) is 42.9 Å². The van der Waals surface area contributed by atoms with Crippen LogP contribution in [0.5, 0.6) is 0 Å². The molecule has 1 unspecified atom stereocenters. The molecule has 1 aliphatic heterocycles. The van der Waals surface area contributed by atoms with E-state index >= 15 is 0 Å². The second kappa shape index (κ2) is 10.00.